The highest BCUT2D eigenvalue weighted by Crippen LogP contribution is 2.34. The molecule has 0 unspecified atom stereocenters. The lowest BCUT2D eigenvalue weighted by molar-refractivity contribution is -0.116. The molecule has 7 heteroatoms. The largest absolute Gasteiger partial charge is 0.465 e. The predicted molar refractivity (Wildman–Crippen MR) is 108 cm³/mol. The van der Waals surface area contributed by atoms with Crippen LogP contribution in [0.1, 0.15) is 56.5 Å². The van der Waals surface area contributed by atoms with Crippen molar-refractivity contribution in [2.45, 2.75) is 40.5 Å². The van der Waals surface area contributed by atoms with Crippen LogP contribution in [0.25, 0.3) is 0 Å². The van der Waals surface area contributed by atoms with Crippen LogP contribution >= 0.6 is 11.3 Å². The number of hydrogen-bond acceptors (Lipinski definition) is 5. The van der Waals surface area contributed by atoms with E-state index in [1.165, 1.54) is 7.11 Å². The van der Waals surface area contributed by atoms with Crippen LogP contribution in [0.15, 0.2) is 18.2 Å². The van der Waals surface area contributed by atoms with Crippen molar-refractivity contribution in [3.05, 3.63) is 45.3 Å². The predicted octanol–water partition coefficient (Wildman–Crippen LogP) is 4.45. The molecule has 144 valence electrons. The molecule has 6 nitrogen and oxygen atoms in total. The van der Waals surface area contributed by atoms with E-state index in [0.29, 0.717) is 34.0 Å². The second kappa shape index (κ2) is 8.81. The molecule has 2 amide bonds. The van der Waals surface area contributed by atoms with Gasteiger partial charge in [-0.3, -0.25) is 9.59 Å². The molecule has 0 aliphatic rings. The SMILES string of the molecule is CCCC(=O)Nc1sc(C(=O)Nc2cccc(C)c2C)c(C)c1C(=O)OC. The molecule has 2 aromatic rings. The highest BCUT2D eigenvalue weighted by Gasteiger charge is 2.26. The zero-order valence-corrected chi connectivity index (χ0v) is 17.0. The molecular weight excluding hydrogens is 364 g/mol. The molecule has 0 fully saturated rings. The van der Waals surface area contributed by atoms with Gasteiger partial charge in [0.15, 0.2) is 0 Å². The van der Waals surface area contributed by atoms with Crippen LogP contribution in [0, 0.1) is 20.8 Å². The maximum Gasteiger partial charge on any atom is 0.341 e. The van der Waals surface area contributed by atoms with Gasteiger partial charge in [-0.15, -0.1) is 11.3 Å². The van der Waals surface area contributed by atoms with Gasteiger partial charge in [-0.1, -0.05) is 19.1 Å². The maximum atomic E-state index is 12.8. The number of hydrogen-bond donors (Lipinski definition) is 2. The summed E-state index contributed by atoms with van der Waals surface area (Å²) in [7, 11) is 1.27. The number of ether oxygens (including phenoxy) is 1. The topological polar surface area (TPSA) is 84.5 Å². The lowest BCUT2D eigenvalue weighted by Gasteiger charge is -2.10. The number of methoxy groups -OCH3 is 1. The zero-order chi connectivity index (χ0) is 20.1. The van der Waals surface area contributed by atoms with E-state index in [-0.39, 0.29) is 17.4 Å². The van der Waals surface area contributed by atoms with Gasteiger partial charge in [0.2, 0.25) is 5.91 Å². The van der Waals surface area contributed by atoms with Crippen LogP contribution in [-0.4, -0.2) is 24.9 Å². The maximum absolute atomic E-state index is 12.8. The monoisotopic (exact) mass is 388 g/mol. The van der Waals surface area contributed by atoms with Gasteiger partial charge in [0, 0.05) is 12.1 Å². The number of carbonyl (C=O) groups excluding carboxylic acids is 3. The molecule has 0 bridgehead atoms. The minimum atomic E-state index is -0.582. The summed E-state index contributed by atoms with van der Waals surface area (Å²) in [5.74, 6) is -1.11. The third-order valence-electron chi connectivity index (χ3n) is 4.33. The summed E-state index contributed by atoms with van der Waals surface area (Å²) in [5, 5.41) is 5.95. The molecule has 0 atom stereocenters. The van der Waals surface area contributed by atoms with Gasteiger partial charge in [-0.2, -0.15) is 0 Å². The molecule has 27 heavy (non-hydrogen) atoms. The zero-order valence-electron chi connectivity index (χ0n) is 16.2. The summed E-state index contributed by atoms with van der Waals surface area (Å²) in [5.41, 5.74) is 3.46. The van der Waals surface area contributed by atoms with Crippen molar-refractivity contribution in [2.24, 2.45) is 0 Å². The Morgan fingerprint density at radius 3 is 2.41 bits per heavy atom. The van der Waals surface area contributed by atoms with Gasteiger partial charge in [-0.05, 0) is 49.9 Å². The molecular formula is C20H24N2O4S. The van der Waals surface area contributed by atoms with Gasteiger partial charge in [0.25, 0.3) is 5.91 Å². The van der Waals surface area contributed by atoms with Gasteiger partial charge < -0.3 is 15.4 Å². The number of carbonyl (C=O) groups is 3. The molecule has 0 spiro atoms. The molecule has 0 aliphatic heterocycles. The lowest BCUT2D eigenvalue weighted by atomic mass is 10.1. The van der Waals surface area contributed by atoms with E-state index >= 15 is 0 Å². The van der Waals surface area contributed by atoms with Crippen molar-refractivity contribution >= 4 is 39.8 Å². The Kier molecular flexibility index (Phi) is 6.74. The number of esters is 1. The second-order valence-corrected chi connectivity index (χ2v) is 7.27. The first-order valence-electron chi connectivity index (χ1n) is 8.69. The van der Waals surface area contributed by atoms with Crippen molar-refractivity contribution in [3.8, 4) is 0 Å². The minimum Gasteiger partial charge on any atom is -0.465 e. The Balaban J connectivity index is 2.39. The van der Waals surface area contributed by atoms with E-state index in [2.05, 4.69) is 10.6 Å². The fourth-order valence-electron chi connectivity index (χ4n) is 2.65. The molecule has 1 aromatic carbocycles. The molecule has 1 heterocycles. The number of thiophene rings is 1. The Morgan fingerprint density at radius 1 is 1.07 bits per heavy atom. The molecule has 0 saturated heterocycles. The van der Waals surface area contributed by atoms with E-state index in [4.69, 9.17) is 4.74 Å². The van der Waals surface area contributed by atoms with Crippen LogP contribution in [0.4, 0.5) is 10.7 Å². The third kappa shape index (κ3) is 4.54. The van der Waals surface area contributed by atoms with E-state index in [1.807, 2.05) is 39.0 Å². The van der Waals surface area contributed by atoms with Crippen LogP contribution in [-0.2, 0) is 9.53 Å². The highest BCUT2D eigenvalue weighted by molar-refractivity contribution is 7.18. The Morgan fingerprint density at radius 2 is 1.78 bits per heavy atom. The summed E-state index contributed by atoms with van der Waals surface area (Å²) < 4.78 is 4.83. The Labute approximate surface area is 162 Å². The van der Waals surface area contributed by atoms with Crippen molar-refractivity contribution in [2.75, 3.05) is 17.7 Å². The number of rotatable bonds is 6. The van der Waals surface area contributed by atoms with E-state index in [9.17, 15) is 14.4 Å². The first-order chi connectivity index (χ1) is 12.8. The number of anilines is 2. The number of aryl methyl sites for hydroxylation is 1. The first kappa shape index (κ1) is 20.6. The van der Waals surface area contributed by atoms with Gasteiger partial charge in [0.05, 0.1) is 17.6 Å². The molecule has 2 N–H and O–H groups in total. The van der Waals surface area contributed by atoms with E-state index in [1.54, 1.807) is 6.92 Å². The molecule has 0 radical (unpaired) electrons. The summed E-state index contributed by atoms with van der Waals surface area (Å²) in [6.07, 6.45) is 1.02. The quantitative estimate of drug-likeness (QED) is 0.716. The van der Waals surface area contributed by atoms with Crippen molar-refractivity contribution in [1.29, 1.82) is 0 Å². The number of amides is 2. The van der Waals surface area contributed by atoms with Crippen molar-refractivity contribution in [3.63, 3.8) is 0 Å². The standard InChI is InChI=1S/C20H24N2O4S/c1-6-8-15(23)22-19-16(20(25)26-5)13(4)17(27-19)18(24)21-14-10-7-9-11(2)12(14)3/h7,9-10H,6,8H2,1-5H3,(H,21,24)(H,22,23). The number of benzene rings is 1. The van der Waals surface area contributed by atoms with Crippen LogP contribution in [0.5, 0.6) is 0 Å². The molecule has 2 rings (SSSR count). The Hall–Kier alpha value is -2.67. The van der Waals surface area contributed by atoms with E-state index < -0.39 is 5.97 Å². The highest BCUT2D eigenvalue weighted by atomic mass is 32.1. The Bertz CT molecular complexity index is 886. The minimum absolute atomic E-state index is 0.203. The fourth-order valence-corrected chi connectivity index (χ4v) is 3.75. The van der Waals surface area contributed by atoms with Crippen molar-refractivity contribution < 1.29 is 19.1 Å². The first-order valence-corrected chi connectivity index (χ1v) is 9.50. The van der Waals surface area contributed by atoms with E-state index in [0.717, 1.165) is 22.5 Å². The normalized spacial score (nSPS) is 10.4. The van der Waals surface area contributed by atoms with Crippen LogP contribution in [0.3, 0.4) is 0 Å². The fraction of sp³-hybridized carbons (Fsp3) is 0.350. The molecule has 1 aromatic heterocycles. The van der Waals surface area contributed by atoms with Crippen molar-refractivity contribution in [1.82, 2.24) is 0 Å². The third-order valence-corrected chi connectivity index (χ3v) is 5.53. The number of nitrogens with one attached hydrogen (secondary N) is 2. The van der Waals surface area contributed by atoms with Gasteiger partial charge in [-0.25, -0.2) is 4.79 Å². The summed E-state index contributed by atoms with van der Waals surface area (Å²) in [6, 6.07) is 5.67. The molecule has 0 saturated carbocycles. The second-order valence-electron chi connectivity index (χ2n) is 6.25. The smallest absolute Gasteiger partial charge is 0.341 e. The summed E-state index contributed by atoms with van der Waals surface area (Å²) in [6.45, 7) is 7.47. The van der Waals surface area contributed by atoms with Crippen LogP contribution in [0.2, 0.25) is 0 Å². The van der Waals surface area contributed by atoms with Gasteiger partial charge in [0.1, 0.15) is 5.00 Å². The molecule has 0 aliphatic carbocycles. The van der Waals surface area contributed by atoms with Crippen LogP contribution < -0.4 is 10.6 Å². The summed E-state index contributed by atoms with van der Waals surface area (Å²) in [4.78, 5) is 37.4. The van der Waals surface area contributed by atoms with Gasteiger partial charge >= 0.3 is 5.97 Å². The lowest BCUT2D eigenvalue weighted by Crippen LogP contribution is -2.14. The average Bonchev–Trinajstić information content (AvgIpc) is 2.94. The average molecular weight is 388 g/mol. The summed E-state index contributed by atoms with van der Waals surface area (Å²) >= 11 is 1.08.